The van der Waals surface area contributed by atoms with Gasteiger partial charge >= 0.3 is 12.0 Å². The highest BCUT2D eigenvalue weighted by Crippen LogP contribution is 2.05. The maximum atomic E-state index is 11.9. The summed E-state index contributed by atoms with van der Waals surface area (Å²) in [5.74, 6) is -1.90. The first-order valence-corrected chi connectivity index (χ1v) is 5.86. The predicted octanol–water partition coefficient (Wildman–Crippen LogP) is 1.54. The lowest BCUT2D eigenvalue weighted by molar-refractivity contribution is -0.133. The predicted molar refractivity (Wildman–Crippen MR) is 71.6 cm³/mol. The molecule has 3 amide bonds. The number of amides is 3. The Hall–Kier alpha value is -2.11. The van der Waals surface area contributed by atoms with Crippen LogP contribution in [0.5, 0.6) is 0 Å². The smallest absolute Gasteiger partial charge is 0.331 e. The van der Waals surface area contributed by atoms with Gasteiger partial charge in [-0.25, -0.2) is 9.59 Å². The van der Waals surface area contributed by atoms with E-state index >= 15 is 0 Å². The molecule has 0 aromatic heterocycles. The molecule has 0 rings (SSSR count). The topological polar surface area (TPSA) is 86.7 Å². The van der Waals surface area contributed by atoms with E-state index in [9.17, 15) is 14.4 Å². The lowest BCUT2D eigenvalue weighted by atomic mass is 10.1. The minimum Gasteiger partial charge on any atom is -0.478 e. The third-order valence-corrected chi connectivity index (χ3v) is 2.65. The van der Waals surface area contributed by atoms with Crippen molar-refractivity contribution in [1.29, 1.82) is 0 Å². The Morgan fingerprint density at radius 2 is 1.79 bits per heavy atom. The monoisotopic (exact) mass is 268 g/mol. The summed E-state index contributed by atoms with van der Waals surface area (Å²) in [4.78, 5) is 35.7. The second kappa shape index (κ2) is 7.35. The molecule has 106 valence electrons. The van der Waals surface area contributed by atoms with Crippen molar-refractivity contribution in [2.75, 3.05) is 6.54 Å². The van der Waals surface area contributed by atoms with Gasteiger partial charge < -0.3 is 10.0 Å². The Morgan fingerprint density at radius 3 is 2.16 bits per heavy atom. The van der Waals surface area contributed by atoms with E-state index in [0.717, 1.165) is 0 Å². The average molecular weight is 268 g/mol. The Labute approximate surface area is 112 Å². The Bertz CT molecular complexity index is 424. The summed E-state index contributed by atoms with van der Waals surface area (Å²) in [6.45, 7) is 10.1. The molecular formula is C13H20N2O4. The van der Waals surface area contributed by atoms with E-state index in [1.165, 1.54) is 18.7 Å². The van der Waals surface area contributed by atoms with Crippen LogP contribution in [0.15, 0.2) is 23.8 Å². The lowest BCUT2D eigenvalue weighted by Gasteiger charge is -2.25. The summed E-state index contributed by atoms with van der Waals surface area (Å²) in [5.41, 5.74) is -0.0896. The van der Waals surface area contributed by atoms with Crippen LogP contribution >= 0.6 is 0 Å². The number of carbonyl (C=O) groups excluding carboxylic acids is 2. The van der Waals surface area contributed by atoms with Crippen LogP contribution in [0.2, 0.25) is 0 Å². The molecule has 0 heterocycles. The van der Waals surface area contributed by atoms with Gasteiger partial charge in [-0.15, -0.1) is 6.58 Å². The zero-order valence-corrected chi connectivity index (χ0v) is 11.7. The molecule has 0 saturated heterocycles. The first-order valence-electron chi connectivity index (χ1n) is 5.86. The number of hydrogen-bond donors (Lipinski definition) is 2. The fourth-order valence-corrected chi connectivity index (χ4v) is 1.26. The van der Waals surface area contributed by atoms with Gasteiger partial charge in [0.15, 0.2) is 0 Å². The van der Waals surface area contributed by atoms with Crippen LogP contribution in [-0.2, 0) is 9.59 Å². The number of hydrogen-bond acceptors (Lipinski definition) is 3. The van der Waals surface area contributed by atoms with Crippen LogP contribution in [0.1, 0.15) is 27.7 Å². The van der Waals surface area contributed by atoms with Crippen LogP contribution in [0.4, 0.5) is 4.79 Å². The van der Waals surface area contributed by atoms with Gasteiger partial charge in [0, 0.05) is 23.7 Å². The van der Waals surface area contributed by atoms with E-state index in [1.54, 1.807) is 19.9 Å². The maximum Gasteiger partial charge on any atom is 0.331 e. The van der Waals surface area contributed by atoms with Gasteiger partial charge in [-0.1, -0.05) is 6.08 Å². The van der Waals surface area contributed by atoms with Crippen LogP contribution in [0.25, 0.3) is 0 Å². The Balaban J connectivity index is 4.90. The van der Waals surface area contributed by atoms with Crippen molar-refractivity contribution >= 4 is 17.9 Å². The molecule has 19 heavy (non-hydrogen) atoms. The summed E-state index contributed by atoms with van der Waals surface area (Å²) in [5, 5.41) is 10.9. The molecule has 0 aromatic carbocycles. The van der Waals surface area contributed by atoms with Crippen LogP contribution in [0.3, 0.4) is 0 Å². The number of carbonyl (C=O) groups is 3. The van der Waals surface area contributed by atoms with E-state index in [2.05, 4.69) is 11.9 Å². The van der Waals surface area contributed by atoms with Crippen LogP contribution in [-0.4, -0.2) is 40.5 Å². The molecule has 0 aliphatic rings. The highest BCUT2D eigenvalue weighted by Gasteiger charge is 2.20. The maximum absolute atomic E-state index is 11.9. The Morgan fingerprint density at radius 1 is 1.26 bits per heavy atom. The fraction of sp³-hybridized carbons (Fsp3) is 0.462. The van der Waals surface area contributed by atoms with Gasteiger partial charge in [0.25, 0.3) is 5.91 Å². The molecule has 0 bridgehead atoms. The summed E-state index contributed by atoms with van der Waals surface area (Å²) >= 11 is 0. The SMILES string of the molecule is C=CCN(C(=O)NC(=O)/C(C)=C(/C)C(=O)O)C(C)C. The van der Waals surface area contributed by atoms with Gasteiger partial charge in [-0.3, -0.25) is 10.1 Å². The standard InChI is InChI=1S/C13H20N2O4/c1-6-7-15(8(2)3)13(19)14-11(16)9(4)10(5)12(17)18/h6,8H,1,7H2,2-5H3,(H,17,18)(H,14,16,19)/b10-9-. The van der Waals surface area contributed by atoms with Gasteiger partial charge in [0.1, 0.15) is 0 Å². The van der Waals surface area contributed by atoms with Crippen LogP contribution in [0, 0.1) is 0 Å². The van der Waals surface area contributed by atoms with Crippen molar-refractivity contribution in [2.24, 2.45) is 0 Å². The van der Waals surface area contributed by atoms with E-state index in [4.69, 9.17) is 5.11 Å². The largest absolute Gasteiger partial charge is 0.478 e. The van der Waals surface area contributed by atoms with Crippen LogP contribution < -0.4 is 5.32 Å². The van der Waals surface area contributed by atoms with E-state index < -0.39 is 17.9 Å². The minimum absolute atomic E-state index is 0.00293. The summed E-state index contributed by atoms with van der Waals surface area (Å²) in [6.07, 6.45) is 1.55. The fourth-order valence-electron chi connectivity index (χ4n) is 1.26. The number of carboxylic acid groups (broad SMARTS) is 1. The molecule has 0 radical (unpaired) electrons. The first kappa shape index (κ1) is 16.9. The third-order valence-electron chi connectivity index (χ3n) is 2.65. The first-order chi connectivity index (χ1) is 8.72. The van der Waals surface area contributed by atoms with Crippen molar-refractivity contribution in [1.82, 2.24) is 10.2 Å². The van der Waals surface area contributed by atoms with Crippen molar-refractivity contribution < 1.29 is 19.5 Å². The molecule has 6 heteroatoms. The normalized spacial score (nSPS) is 11.6. The number of imide groups is 1. The quantitative estimate of drug-likeness (QED) is 0.585. The third kappa shape index (κ3) is 4.95. The van der Waals surface area contributed by atoms with Crippen molar-refractivity contribution in [3.8, 4) is 0 Å². The molecule has 0 aliphatic carbocycles. The number of urea groups is 1. The average Bonchev–Trinajstić information content (AvgIpc) is 2.32. The molecule has 0 atom stereocenters. The van der Waals surface area contributed by atoms with E-state index in [0.29, 0.717) is 6.54 Å². The molecule has 0 unspecified atom stereocenters. The number of nitrogens with zero attached hydrogens (tertiary/aromatic N) is 1. The van der Waals surface area contributed by atoms with Crippen molar-refractivity contribution in [3.63, 3.8) is 0 Å². The minimum atomic E-state index is -1.19. The molecular weight excluding hydrogens is 248 g/mol. The Kier molecular flexibility index (Phi) is 6.54. The molecule has 0 aromatic rings. The van der Waals surface area contributed by atoms with Gasteiger partial charge in [-0.2, -0.15) is 0 Å². The zero-order valence-electron chi connectivity index (χ0n) is 11.7. The molecule has 2 N–H and O–H groups in total. The second-order valence-corrected chi connectivity index (χ2v) is 4.35. The van der Waals surface area contributed by atoms with Crippen molar-refractivity contribution in [3.05, 3.63) is 23.8 Å². The van der Waals surface area contributed by atoms with E-state index in [1.807, 2.05) is 0 Å². The number of carboxylic acids is 1. The number of rotatable bonds is 5. The number of aliphatic carboxylic acids is 1. The summed E-state index contributed by atoms with van der Waals surface area (Å²) in [6, 6.07) is -0.673. The number of nitrogens with one attached hydrogen (secondary N) is 1. The summed E-state index contributed by atoms with van der Waals surface area (Å²) < 4.78 is 0. The van der Waals surface area contributed by atoms with Gasteiger partial charge in [-0.05, 0) is 27.7 Å². The summed E-state index contributed by atoms with van der Waals surface area (Å²) in [7, 11) is 0. The molecule has 0 saturated carbocycles. The lowest BCUT2D eigenvalue weighted by Crippen LogP contribution is -2.46. The van der Waals surface area contributed by atoms with Gasteiger partial charge in [0.05, 0.1) is 0 Å². The van der Waals surface area contributed by atoms with Gasteiger partial charge in [0.2, 0.25) is 0 Å². The molecule has 6 nitrogen and oxygen atoms in total. The second-order valence-electron chi connectivity index (χ2n) is 4.35. The molecule has 0 aliphatic heterocycles. The molecule has 0 spiro atoms. The van der Waals surface area contributed by atoms with E-state index in [-0.39, 0.29) is 17.2 Å². The highest BCUT2D eigenvalue weighted by molar-refractivity contribution is 6.07. The van der Waals surface area contributed by atoms with Crippen molar-refractivity contribution in [2.45, 2.75) is 33.7 Å². The highest BCUT2D eigenvalue weighted by atomic mass is 16.4. The molecule has 0 fully saturated rings. The zero-order chi connectivity index (χ0) is 15.2.